The summed E-state index contributed by atoms with van der Waals surface area (Å²) in [6.07, 6.45) is 4.72. The van der Waals surface area contributed by atoms with Crippen molar-refractivity contribution in [3.05, 3.63) is 52.7 Å². The normalized spacial score (nSPS) is 23.7. The minimum atomic E-state index is -1.54. The summed E-state index contributed by atoms with van der Waals surface area (Å²) < 4.78 is 5.50. The van der Waals surface area contributed by atoms with E-state index in [2.05, 4.69) is 18.2 Å². The monoisotopic (exact) mass is 344 g/mol. The van der Waals surface area contributed by atoms with E-state index in [4.69, 9.17) is 10.5 Å². The van der Waals surface area contributed by atoms with Crippen LogP contribution in [0.25, 0.3) is 0 Å². The van der Waals surface area contributed by atoms with Gasteiger partial charge in [-0.15, -0.1) is 0 Å². The summed E-state index contributed by atoms with van der Waals surface area (Å²) in [6.45, 7) is 2.49. The molecule has 0 spiro atoms. The Kier molecular flexibility index (Phi) is 4.70. The average Bonchev–Trinajstić information content (AvgIpc) is 2.68. The van der Waals surface area contributed by atoms with Gasteiger partial charge in [-0.3, -0.25) is 0 Å². The van der Waals surface area contributed by atoms with Gasteiger partial charge in [0.1, 0.15) is 11.8 Å². The predicted molar refractivity (Wildman–Crippen MR) is 96.3 cm³/mol. The Morgan fingerprint density at radius 3 is 2.46 bits per heavy atom. The number of nitriles is 3. The number of fused-ring (bicyclic) bond motifs is 1. The second kappa shape index (κ2) is 6.95. The Balaban J connectivity index is 2.21. The maximum absolute atomic E-state index is 9.95. The summed E-state index contributed by atoms with van der Waals surface area (Å²) in [5, 5.41) is 29.5. The molecule has 2 N–H and O–H groups in total. The first kappa shape index (κ1) is 17.6. The Hall–Kier alpha value is -3.23. The third kappa shape index (κ3) is 2.52. The van der Waals surface area contributed by atoms with Crippen LogP contribution in [-0.2, 0) is 0 Å². The van der Waals surface area contributed by atoms with Crippen LogP contribution in [0.5, 0.6) is 5.75 Å². The maximum atomic E-state index is 9.95. The lowest BCUT2D eigenvalue weighted by Crippen LogP contribution is -2.42. The molecule has 0 saturated carbocycles. The molecule has 0 unspecified atom stereocenters. The highest BCUT2D eigenvalue weighted by atomic mass is 16.5. The number of nitrogens with two attached hydrogens (primary N) is 1. The molecule has 5 heteroatoms. The fraction of sp³-hybridized carbons (Fsp3) is 0.381. The van der Waals surface area contributed by atoms with Gasteiger partial charge < -0.3 is 10.5 Å². The molecule has 3 rings (SSSR count). The minimum Gasteiger partial charge on any atom is -0.494 e. The molecule has 2 aliphatic rings. The summed E-state index contributed by atoms with van der Waals surface area (Å²) >= 11 is 0. The first-order valence-electron chi connectivity index (χ1n) is 8.79. The Bertz CT molecular complexity index is 876. The summed E-state index contributed by atoms with van der Waals surface area (Å²) in [6, 6.07) is 13.9. The largest absolute Gasteiger partial charge is 0.494 e. The van der Waals surface area contributed by atoms with Gasteiger partial charge in [-0.25, -0.2) is 0 Å². The summed E-state index contributed by atoms with van der Waals surface area (Å²) in [5.41, 5.74) is 6.84. The van der Waals surface area contributed by atoms with Crippen LogP contribution in [0.2, 0.25) is 0 Å². The van der Waals surface area contributed by atoms with E-state index >= 15 is 0 Å². The van der Waals surface area contributed by atoms with E-state index in [1.54, 1.807) is 0 Å². The first-order valence-corrected chi connectivity index (χ1v) is 8.79. The molecular formula is C21H20N4O. The van der Waals surface area contributed by atoms with Gasteiger partial charge in [0.15, 0.2) is 5.41 Å². The molecule has 1 aromatic carbocycles. The molecule has 0 bridgehead atoms. The van der Waals surface area contributed by atoms with E-state index in [-0.39, 0.29) is 11.6 Å². The van der Waals surface area contributed by atoms with Crippen LogP contribution >= 0.6 is 0 Å². The van der Waals surface area contributed by atoms with E-state index in [1.165, 1.54) is 0 Å². The molecule has 130 valence electrons. The lowest BCUT2D eigenvalue weighted by atomic mass is 9.57. The molecule has 2 aliphatic carbocycles. The van der Waals surface area contributed by atoms with Crippen molar-refractivity contribution in [1.29, 1.82) is 15.8 Å². The van der Waals surface area contributed by atoms with Gasteiger partial charge in [-0.05, 0) is 55.4 Å². The Labute approximate surface area is 153 Å². The summed E-state index contributed by atoms with van der Waals surface area (Å²) in [7, 11) is 0. The number of benzene rings is 1. The van der Waals surface area contributed by atoms with Crippen LogP contribution in [-0.4, -0.2) is 6.61 Å². The lowest BCUT2D eigenvalue weighted by molar-refractivity contribution is 0.316. The highest BCUT2D eigenvalue weighted by Gasteiger charge is 2.53. The van der Waals surface area contributed by atoms with Gasteiger partial charge in [0, 0.05) is 5.92 Å². The van der Waals surface area contributed by atoms with Gasteiger partial charge in [0.05, 0.1) is 30.0 Å². The number of hydrogen-bond donors (Lipinski definition) is 1. The molecule has 0 radical (unpaired) electrons. The van der Waals surface area contributed by atoms with E-state index in [1.807, 2.05) is 37.3 Å². The van der Waals surface area contributed by atoms with Crippen LogP contribution < -0.4 is 10.5 Å². The number of ether oxygens (including phenoxy) is 1. The molecule has 0 aliphatic heterocycles. The lowest BCUT2D eigenvalue weighted by Gasteiger charge is -2.43. The van der Waals surface area contributed by atoms with Crippen LogP contribution in [0.3, 0.4) is 0 Å². The van der Waals surface area contributed by atoms with Crippen molar-refractivity contribution in [2.45, 2.75) is 32.1 Å². The maximum Gasteiger partial charge on any atom is 0.191 e. The van der Waals surface area contributed by atoms with Gasteiger partial charge >= 0.3 is 0 Å². The SMILES string of the molecule is CCOc1ccc([C@H]2[C@H]3CCCC=C3C(C#N)=C(N)C2(C#N)C#N)cc1. The van der Waals surface area contributed by atoms with Crippen LogP contribution in [0.4, 0.5) is 0 Å². The second-order valence-corrected chi connectivity index (χ2v) is 6.61. The third-order valence-electron chi connectivity index (χ3n) is 5.35. The van der Waals surface area contributed by atoms with Crippen molar-refractivity contribution in [3.63, 3.8) is 0 Å². The smallest absolute Gasteiger partial charge is 0.191 e. The molecule has 1 aromatic rings. The van der Waals surface area contributed by atoms with Crippen molar-refractivity contribution >= 4 is 0 Å². The topological polar surface area (TPSA) is 107 Å². The van der Waals surface area contributed by atoms with Crippen LogP contribution in [0.15, 0.2) is 47.2 Å². The first-order chi connectivity index (χ1) is 12.6. The zero-order valence-corrected chi connectivity index (χ0v) is 14.7. The quantitative estimate of drug-likeness (QED) is 0.900. The van der Waals surface area contributed by atoms with Crippen molar-refractivity contribution in [2.75, 3.05) is 6.61 Å². The molecule has 26 heavy (non-hydrogen) atoms. The Morgan fingerprint density at radius 2 is 1.88 bits per heavy atom. The number of nitrogens with zero attached hydrogens (tertiary/aromatic N) is 3. The average molecular weight is 344 g/mol. The van der Waals surface area contributed by atoms with Crippen LogP contribution in [0.1, 0.15) is 37.7 Å². The predicted octanol–water partition coefficient (Wildman–Crippen LogP) is 3.68. The molecule has 0 heterocycles. The fourth-order valence-corrected chi connectivity index (χ4v) is 4.19. The molecule has 2 atom stereocenters. The van der Waals surface area contributed by atoms with E-state index in [9.17, 15) is 15.8 Å². The highest BCUT2D eigenvalue weighted by molar-refractivity contribution is 5.59. The molecule has 0 amide bonds. The van der Waals surface area contributed by atoms with Gasteiger partial charge in [-0.2, -0.15) is 15.8 Å². The minimum absolute atomic E-state index is 0.0667. The van der Waals surface area contributed by atoms with Crippen molar-refractivity contribution in [3.8, 4) is 24.0 Å². The Morgan fingerprint density at radius 1 is 1.19 bits per heavy atom. The molecule has 5 nitrogen and oxygen atoms in total. The zero-order chi connectivity index (χ0) is 18.7. The fourth-order valence-electron chi connectivity index (χ4n) is 4.19. The molecule has 0 saturated heterocycles. The van der Waals surface area contributed by atoms with Crippen molar-refractivity contribution in [2.24, 2.45) is 17.1 Å². The van der Waals surface area contributed by atoms with E-state index in [0.717, 1.165) is 36.1 Å². The standard InChI is InChI=1S/C21H20N4O/c1-2-26-15-9-7-14(8-10-15)19-17-6-4-3-5-16(17)18(11-22)20(25)21(19,12-23)13-24/h5,7-10,17,19H,2-4,6,25H2,1H3/t17-,19-/m0/s1. The van der Waals surface area contributed by atoms with E-state index in [0.29, 0.717) is 12.2 Å². The van der Waals surface area contributed by atoms with Gasteiger partial charge in [-0.1, -0.05) is 18.2 Å². The highest BCUT2D eigenvalue weighted by Crippen LogP contribution is 2.55. The molecular weight excluding hydrogens is 324 g/mol. The van der Waals surface area contributed by atoms with Gasteiger partial charge in [0.2, 0.25) is 0 Å². The molecule has 0 fully saturated rings. The summed E-state index contributed by atoms with van der Waals surface area (Å²) in [4.78, 5) is 0. The van der Waals surface area contributed by atoms with Crippen molar-refractivity contribution in [1.82, 2.24) is 0 Å². The van der Waals surface area contributed by atoms with Crippen LogP contribution in [0, 0.1) is 45.3 Å². The number of allylic oxidation sites excluding steroid dienone is 4. The number of hydrogen-bond acceptors (Lipinski definition) is 5. The number of rotatable bonds is 3. The second-order valence-electron chi connectivity index (χ2n) is 6.61. The van der Waals surface area contributed by atoms with Gasteiger partial charge in [0.25, 0.3) is 0 Å². The van der Waals surface area contributed by atoms with E-state index < -0.39 is 11.3 Å². The molecule has 0 aromatic heterocycles. The summed E-state index contributed by atoms with van der Waals surface area (Å²) in [5.74, 6) is 0.270. The van der Waals surface area contributed by atoms with Crippen molar-refractivity contribution < 1.29 is 4.74 Å². The zero-order valence-electron chi connectivity index (χ0n) is 14.7. The third-order valence-corrected chi connectivity index (χ3v) is 5.35.